The fraction of sp³-hybridized carbons (Fsp3) is 0.600. The number of allylic oxidation sites excluding steroid dienone is 1. The molecule has 2 amide bonds. The third kappa shape index (κ3) is 4.04. The van der Waals surface area contributed by atoms with Crippen LogP contribution in [0.4, 0.5) is 0 Å². The van der Waals surface area contributed by atoms with E-state index in [-0.39, 0.29) is 17.9 Å². The smallest absolute Gasteiger partial charge is 0.255 e. The van der Waals surface area contributed by atoms with Crippen LogP contribution in [0.15, 0.2) is 30.5 Å². The van der Waals surface area contributed by atoms with Gasteiger partial charge in [0, 0.05) is 36.9 Å². The van der Waals surface area contributed by atoms with Crippen LogP contribution in [-0.4, -0.2) is 63.6 Å². The largest absolute Gasteiger partial charge is 0.489 e. The summed E-state index contributed by atoms with van der Waals surface area (Å²) >= 11 is 0. The Morgan fingerprint density at radius 1 is 1.19 bits per heavy atom. The van der Waals surface area contributed by atoms with E-state index in [0.29, 0.717) is 31.0 Å². The van der Waals surface area contributed by atoms with Crippen molar-refractivity contribution in [3.63, 3.8) is 0 Å². The maximum Gasteiger partial charge on any atom is 0.255 e. The molecule has 3 heterocycles. The zero-order valence-electron chi connectivity index (χ0n) is 18.8. The average Bonchev–Trinajstić information content (AvgIpc) is 3.33. The second-order valence-corrected chi connectivity index (χ2v) is 10.1. The molecule has 1 aliphatic carbocycles. The van der Waals surface area contributed by atoms with Crippen molar-refractivity contribution >= 4 is 11.8 Å². The van der Waals surface area contributed by atoms with Crippen molar-refractivity contribution in [2.24, 2.45) is 0 Å². The number of hydrogen-bond donors (Lipinski definition) is 2. The number of likely N-dealkylation sites (tertiary alicyclic amines) is 1. The number of carbonyl (C=O) groups excluding carboxylic acids is 2. The summed E-state index contributed by atoms with van der Waals surface area (Å²) in [4.78, 5) is 29.5. The first-order valence-electron chi connectivity index (χ1n) is 11.9. The topological polar surface area (TPSA) is 82.1 Å². The minimum Gasteiger partial charge on any atom is -0.489 e. The number of ether oxygens (including phenoxy) is 1. The van der Waals surface area contributed by atoms with Gasteiger partial charge in [-0.3, -0.25) is 14.5 Å². The zero-order valence-corrected chi connectivity index (χ0v) is 18.8. The summed E-state index contributed by atoms with van der Waals surface area (Å²) in [5.41, 5.74) is 1.75. The lowest BCUT2D eigenvalue weighted by atomic mass is 9.92. The lowest BCUT2D eigenvalue weighted by Crippen LogP contribution is -2.50. The number of fused-ring (bicyclic) bond motifs is 1. The molecule has 3 atom stereocenters. The van der Waals surface area contributed by atoms with E-state index in [4.69, 9.17) is 4.74 Å². The number of hydrogen-bond acceptors (Lipinski definition) is 5. The van der Waals surface area contributed by atoms with E-state index in [0.717, 1.165) is 62.2 Å². The monoisotopic (exact) mass is 439 g/mol. The molecular weight excluding hydrogens is 406 g/mol. The van der Waals surface area contributed by atoms with E-state index in [2.05, 4.69) is 16.8 Å². The molecule has 1 aromatic carbocycles. The Hall–Kier alpha value is -2.38. The van der Waals surface area contributed by atoms with Crippen molar-refractivity contribution in [2.45, 2.75) is 82.2 Å². The highest BCUT2D eigenvalue weighted by atomic mass is 16.5. The molecule has 7 heteroatoms. The van der Waals surface area contributed by atoms with Crippen molar-refractivity contribution in [1.29, 1.82) is 0 Å². The fourth-order valence-electron chi connectivity index (χ4n) is 5.68. The van der Waals surface area contributed by atoms with Crippen LogP contribution >= 0.6 is 0 Å². The van der Waals surface area contributed by atoms with E-state index >= 15 is 0 Å². The van der Waals surface area contributed by atoms with Crippen LogP contribution in [0, 0.1) is 0 Å². The first kappa shape index (κ1) is 21.5. The number of carbonyl (C=O) groups is 2. The lowest BCUT2D eigenvalue weighted by Gasteiger charge is -2.40. The number of aliphatic hydroxyl groups is 1. The average molecular weight is 440 g/mol. The standard InChI is InChI=1S/C25H33N3O4/c1-16-6-9-21(23(29)26-16)28-15-17-14-18(7-8-19(17)24(28)30)32-22-5-3-4-20(22)27-12-10-25(2,31)11-13-27/h7-8,14,20-22,31H,1,3-6,9-13,15H2,2H3,(H,26,29)/t20-,21?,22-/m0/s1. The molecular formula is C25H33N3O4. The molecule has 3 fully saturated rings. The Balaban J connectivity index is 1.26. The van der Waals surface area contributed by atoms with E-state index in [1.54, 1.807) is 4.90 Å². The molecule has 32 heavy (non-hydrogen) atoms. The quantitative estimate of drug-likeness (QED) is 0.754. The van der Waals surface area contributed by atoms with Gasteiger partial charge in [0.1, 0.15) is 17.9 Å². The third-order valence-corrected chi connectivity index (χ3v) is 7.66. The molecule has 2 saturated heterocycles. The highest BCUT2D eigenvalue weighted by Crippen LogP contribution is 2.35. The van der Waals surface area contributed by atoms with Crippen LogP contribution in [-0.2, 0) is 11.3 Å². The van der Waals surface area contributed by atoms with Crippen LogP contribution in [0.3, 0.4) is 0 Å². The normalized spacial score (nSPS) is 30.4. The molecule has 0 spiro atoms. The Kier molecular flexibility index (Phi) is 5.50. The van der Waals surface area contributed by atoms with Gasteiger partial charge in [-0.25, -0.2) is 0 Å². The van der Waals surface area contributed by atoms with E-state index in [1.165, 1.54) is 0 Å². The van der Waals surface area contributed by atoms with Gasteiger partial charge in [0.15, 0.2) is 0 Å². The molecule has 1 unspecified atom stereocenters. The summed E-state index contributed by atoms with van der Waals surface area (Å²) in [5.74, 6) is 0.562. The predicted octanol–water partition coefficient (Wildman–Crippen LogP) is 2.58. The lowest BCUT2D eigenvalue weighted by molar-refractivity contribution is -0.126. The Morgan fingerprint density at radius 2 is 1.97 bits per heavy atom. The SMILES string of the molecule is C=C1CCC(N2Cc3cc(O[C@H]4CCC[C@@H]4N4CCC(C)(O)CC4)ccc3C2=O)C(=O)N1. The summed E-state index contributed by atoms with van der Waals surface area (Å²) in [5, 5.41) is 13.1. The number of rotatable bonds is 4. The molecule has 7 nitrogen and oxygen atoms in total. The van der Waals surface area contributed by atoms with Gasteiger partial charge < -0.3 is 20.1 Å². The number of piperidine rings is 2. The molecule has 1 saturated carbocycles. The minimum absolute atomic E-state index is 0.0849. The van der Waals surface area contributed by atoms with Crippen LogP contribution < -0.4 is 10.1 Å². The molecule has 172 valence electrons. The summed E-state index contributed by atoms with van der Waals surface area (Å²) < 4.78 is 6.44. The highest BCUT2D eigenvalue weighted by molar-refractivity contribution is 6.01. The van der Waals surface area contributed by atoms with Crippen molar-refractivity contribution in [3.05, 3.63) is 41.6 Å². The van der Waals surface area contributed by atoms with Crippen molar-refractivity contribution in [1.82, 2.24) is 15.1 Å². The van der Waals surface area contributed by atoms with Gasteiger partial charge in [-0.2, -0.15) is 0 Å². The summed E-state index contributed by atoms with van der Waals surface area (Å²) in [6, 6.07) is 5.63. The molecule has 2 N–H and O–H groups in total. The van der Waals surface area contributed by atoms with Gasteiger partial charge in [-0.15, -0.1) is 0 Å². The number of amides is 2. The molecule has 3 aliphatic heterocycles. The van der Waals surface area contributed by atoms with E-state index < -0.39 is 11.6 Å². The van der Waals surface area contributed by atoms with Gasteiger partial charge in [0.05, 0.1) is 5.60 Å². The highest BCUT2D eigenvalue weighted by Gasteiger charge is 2.40. The first-order chi connectivity index (χ1) is 15.3. The van der Waals surface area contributed by atoms with Crippen LogP contribution in [0.5, 0.6) is 5.75 Å². The van der Waals surface area contributed by atoms with Crippen molar-refractivity contribution in [3.8, 4) is 5.75 Å². The molecule has 5 rings (SSSR count). The van der Waals surface area contributed by atoms with Gasteiger partial charge >= 0.3 is 0 Å². The third-order valence-electron chi connectivity index (χ3n) is 7.66. The molecule has 4 aliphatic rings. The van der Waals surface area contributed by atoms with Crippen LogP contribution in [0.2, 0.25) is 0 Å². The summed E-state index contributed by atoms with van der Waals surface area (Å²) in [7, 11) is 0. The zero-order chi connectivity index (χ0) is 22.5. The number of nitrogens with zero attached hydrogens (tertiary/aromatic N) is 2. The van der Waals surface area contributed by atoms with Crippen LogP contribution in [0.1, 0.15) is 67.8 Å². The molecule has 1 aromatic rings. The number of nitrogens with one attached hydrogen (secondary N) is 1. The predicted molar refractivity (Wildman–Crippen MR) is 120 cm³/mol. The van der Waals surface area contributed by atoms with E-state index in [1.807, 2.05) is 25.1 Å². The Bertz CT molecular complexity index is 933. The Labute approximate surface area is 189 Å². The summed E-state index contributed by atoms with van der Waals surface area (Å²) in [6.45, 7) is 7.99. The second kappa shape index (κ2) is 8.19. The van der Waals surface area contributed by atoms with Gasteiger partial charge in [-0.05, 0) is 75.6 Å². The maximum absolute atomic E-state index is 12.9. The molecule has 0 aromatic heterocycles. The second-order valence-electron chi connectivity index (χ2n) is 10.1. The molecule has 0 bridgehead atoms. The van der Waals surface area contributed by atoms with E-state index in [9.17, 15) is 14.7 Å². The Morgan fingerprint density at radius 3 is 2.72 bits per heavy atom. The fourth-order valence-corrected chi connectivity index (χ4v) is 5.68. The van der Waals surface area contributed by atoms with Gasteiger partial charge in [0.2, 0.25) is 5.91 Å². The van der Waals surface area contributed by atoms with Gasteiger partial charge in [-0.1, -0.05) is 6.58 Å². The minimum atomic E-state index is -0.549. The van der Waals surface area contributed by atoms with Crippen LogP contribution in [0.25, 0.3) is 0 Å². The molecule has 0 radical (unpaired) electrons. The first-order valence-corrected chi connectivity index (χ1v) is 11.9. The van der Waals surface area contributed by atoms with Crippen molar-refractivity contribution in [2.75, 3.05) is 13.1 Å². The number of benzene rings is 1. The van der Waals surface area contributed by atoms with Gasteiger partial charge in [0.25, 0.3) is 5.91 Å². The maximum atomic E-state index is 12.9. The van der Waals surface area contributed by atoms with Crippen molar-refractivity contribution < 1.29 is 19.4 Å². The summed E-state index contributed by atoms with van der Waals surface area (Å²) in [6.07, 6.45) is 6.31.